The Morgan fingerprint density at radius 1 is 1.17 bits per heavy atom. The maximum Gasteiger partial charge on any atom is 0.00955 e. The van der Waals surface area contributed by atoms with E-state index >= 15 is 0 Å². The summed E-state index contributed by atoms with van der Waals surface area (Å²) in [5.74, 6) is 0.798. The predicted molar refractivity (Wildman–Crippen MR) is 80.7 cm³/mol. The second kappa shape index (κ2) is 6.91. The van der Waals surface area contributed by atoms with Gasteiger partial charge < -0.3 is 5.73 Å². The fourth-order valence-electron chi connectivity index (χ4n) is 2.75. The smallest absolute Gasteiger partial charge is 0.00955 e. The van der Waals surface area contributed by atoms with Crippen LogP contribution in [0.15, 0.2) is 0 Å². The quantitative estimate of drug-likeness (QED) is 0.751. The van der Waals surface area contributed by atoms with E-state index in [1.807, 2.05) is 0 Å². The molecule has 0 radical (unpaired) electrons. The zero-order valence-electron chi connectivity index (χ0n) is 13.2. The maximum absolute atomic E-state index is 6.15. The number of nitrogens with two attached hydrogens (primary N) is 1. The molecule has 1 aliphatic rings. The molecule has 0 saturated heterocycles. The first-order chi connectivity index (χ1) is 8.33. The number of nitrogens with zero attached hydrogens (tertiary/aromatic N) is 1. The minimum Gasteiger partial charge on any atom is -0.327 e. The van der Waals surface area contributed by atoms with Gasteiger partial charge in [-0.15, -0.1) is 0 Å². The van der Waals surface area contributed by atoms with Gasteiger partial charge in [0.2, 0.25) is 0 Å². The molecule has 18 heavy (non-hydrogen) atoms. The van der Waals surface area contributed by atoms with E-state index in [2.05, 4.69) is 39.5 Å². The molecule has 0 aromatic heterocycles. The van der Waals surface area contributed by atoms with Gasteiger partial charge in [0.25, 0.3) is 0 Å². The van der Waals surface area contributed by atoms with Crippen LogP contribution in [0.2, 0.25) is 0 Å². The van der Waals surface area contributed by atoms with Gasteiger partial charge >= 0.3 is 0 Å². The Morgan fingerprint density at radius 2 is 1.72 bits per heavy atom. The Bertz CT molecular complexity index is 227. The molecule has 1 fully saturated rings. The number of hydrogen-bond acceptors (Lipinski definition) is 2. The van der Waals surface area contributed by atoms with Crippen molar-refractivity contribution < 1.29 is 0 Å². The lowest BCUT2D eigenvalue weighted by Gasteiger charge is -2.39. The molecule has 1 atom stereocenters. The summed E-state index contributed by atoms with van der Waals surface area (Å²) in [6, 6.07) is 1.09. The van der Waals surface area contributed by atoms with Crippen molar-refractivity contribution in [2.24, 2.45) is 17.1 Å². The largest absolute Gasteiger partial charge is 0.327 e. The Balaban J connectivity index is 2.58. The minimum atomic E-state index is 0.222. The number of hydrogen-bond donors (Lipinski definition) is 1. The highest BCUT2D eigenvalue weighted by molar-refractivity contribution is 4.86. The van der Waals surface area contributed by atoms with Crippen LogP contribution in [-0.4, -0.2) is 30.1 Å². The molecule has 0 bridgehead atoms. The fraction of sp³-hybridized carbons (Fsp3) is 1.00. The lowest BCUT2D eigenvalue weighted by molar-refractivity contribution is 0.111. The SMILES string of the molecule is CC(C)CCN(CC(C)(C)C(C)N)C1CCCC1. The average Bonchev–Trinajstić information content (AvgIpc) is 2.76. The van der Waals surface area contributed by atoms with Crippen molar-refractivity contribution in [2.45, 2.75) is 78.8 Å². The highest BCUT2D eigenvalue weighted by atomic mass is 15.2. The summed E-state index contributed by atoms with van der Waals surface area (Å²) in [5, 5.41) is 0. The molecule has 108 valence electrons. The van der Waals surface area contributed by atoms with E-state index in [1.54, 1.807) is 0 Å². The van der Waals surface area contributed by atoms with Crippen molar-refractivity contribution in [3.05, 3.63) is 0 Å². The molecule has 1 rings (SSSR count). The maximum atomic E-state index is 6.15. The van der Waals surface area contributed by atoms with E-state index in [0.29, 0.717) is 0 Å². The first-order valence-electron chi connectivity index (χ1n) is 7.82. The van der Waals surface area contributed by atoms with Gasteiger partial charge in [0.1, 0.15) is 0 Å². The molecular formula is C16H34N2. The van der Waals surface area contributed by atoms with Crippen LogP contribution in [0.3, 0.4) is 0 Å². The van der Waals surface area contributed by atoms with Gasteiger partial charge in [-0.25, -0.2) is 0 Å². The van der Waals surface area contributed by atoms with Gasteiger partial charge in [-0.2, -0.15) is 0 Å². The molecule has 1 saturated carbocycles. The summed E-state index contributed by atoms with van der Waals surface area (Å²) in [7, 11) is 0. The molecule has 2 heteroatoms. The zero-order valence-corrected chi connectivity index (χ0v) is 13.2. The van der Waals surface area contributed by atoms with Crippen LogP contribution in [0.1, 0.15) is 66.7 Å². The molecule has 2 nitrogen and oxygen atoms in total. The molecule has 0 amide bonds. The highest BCUT2D eigenvalue weighted by Crippen LogP contribution is 2.29. The van der Waals surface area contributed by atoms with Gasteiger partial charge in [0.05, 0.1) is 0 Å². The average molecular weight is 254 g/mol. The summed E-state index contributed by atoms with van der Waals surface area (Å²) in [6.07, 6.45) is 6.94. The van der Waals surface area contributed by atoms with E-state index in [4.69, 9.17) is 5.73 Å². The predicted octanol–water partition coefficient (Wildman–Crippen LogP) is 3.65. The molecule has 0 spiro atoms. The van der Waals surface area contributed by atoms with Crippen molar-refractivity contribution in [2.75, 3.05) is 13.1 Å². The van der Waals surface area contributed by atoms with Crippen molar-refractivity contribution in [1.29, 1.82) is 0 Å². The van der Waals surface area contributed by atoms with Crippen molar-refractivity contribution in [3.63, 3.8) is 0 Å². The molecule has 0 aromatic carbocycles. The summed E-state index contributed by atoms with van der Waals surface area (Å²) < 4.78 is 0. The third kappa shape index (κ3) is 4.89. The van der Waals surface area contributed by atoms with E-state index in [0.717, 1.165) is 18.5 Å². The van der Waals surface area contributed by atoms with Crippen LogP contribution in [0.5, 0.6) is 0 Å². The lowest BCUT2D eigenvalue weighted by atomic mass is 9.84. The second-order valence-electron chi connectivity index (χ2n) is 7.37. The van der Waals surface area contributed by atoms with Crippen LogP contribution in [-0.2, 0) is 0 Å². The normalized spacial score (nSPS) is 20.0. The summed E-state index contributed by atoms with van der Waals surface area (Å²) in [5.41, 5.74) is 6.37. The Kier molecular flexibility index (Phi) is 6.13. The summed E-state index contributed by atoms with van der Waals surface area (Å²) >= 11 is 0. The van der Waals surface area contributed by atoms with Crippen molar-refractivity contribution in [3.8, 4) is 0 Å². The first kappa shape index (κ1) is 16.0. The Morgan fingerprint density at radius 3 is 2.17 bits per heavy atom. The van der Waals surface area contributed by atoms with Crippen LogP contribution >= 0.6 is 0 Å². The van der Waals surface area contributed by atoms with E-state index in [9.17, 15) is 0 Å². The molecule has 0 aliphatic heterocycles. The van der Waals surface area contributed by atoms with Crippen molar-refractivity contribution in [1.82, 2.24) is 4.90 Å². The zero-order chi connectivity index (χ0) is 13.8. The van der Waals surface area contributed by atoms with Crippen molar-refractivity contribution >= 4 is 0 Å². The van der Waals surface area contributed by atoms with Crippen LogP contribution < -0.4 is 5.73 Å². The second-order valence-corrected chi connectivity index (χ2v) is 7.37. The van der Waals surface area contributed by atoms with Gasteiger partial charge in [-0.3, -0.25) is 4.90 Å². The van der Waals surface area contributed by atoms with Crippen LogP contribution in [0.25, 0.3) is 0 Å². The van der Waals surface area contributed by atoms with E-state index in [-0.39, 0.29) is 11.5 Å². The van der Waals surface area contributed by atoms with E-state index in [1.165, 1.54) is 38.6 Å². The van der Waals surface area contributed by atoms with Crippen LogP contribution in [0.4, 0.5) is 0 Å². The van der Waals surface area contributed by atoms with Gasteiger partial charge in [0, 0.05) is 18.6 Å². The third-order valence-corrected chi connectivity index (χ3v) is 4.68. The Hall–Kier alpha value is -0.0800. The molecule has 0 heterocycles. The fourth-order valence-corrected chi connectivity index (χ4v) is 2.75. The topological polar surface area (TPSA) is 29.3 Å². The third-order valence-electron chi connectivity index (χ3n) is 4.68. The first-order valence-corrected chi connectivity index (χ1v) is 7.82. The highest BCUT2D eigenvalue weighted by Gasteiger charge is 2.30. The Labute approximate surface area is 114 Å². The molecule has 1 aliphatic carbocycles. The van der Waals surface area contributed by atoms with Gasteiger partial charge in [0.15, 0.2) is 0 Å². The summed E-state index contributed by atoms with van der Waals surface area (Å²) in [6.45, 7) is 13.8. The lowest BCUT2D eigenvalue weighted by Crippen LogP contribution is -2.47. The molecule has 2 N–H and O–H groups in total. The number of rotatable bonds is 7. The van der Waals surface area contributed by atoms with Crippen LogP contribution in [0, 0.1) is 11.3 Å². The van der Waals surface area contributed by atoms with E-state index < -0.39 is 0 Å². The molecule has 0 aromatic rings. The molecule has 1 unspecified atom stereocenters. The minimum absolute atomic E-state index is 0.222. The monoisotopic (exact) mass is 254 g/mol. The van der Waals surface area contributed by atoms with Gasteiger partial charge in [-0.1, -0.05) is 40.5 Å². The van der Waals surface area contributed by atoms with Gasteiger partial charge in [-0.05, 0) is 44.1 Å². The molecular weight excluding hydrogens is 220 g/mol. The summed E-state index contributed by atoms with van der Waals surface area (Å²) in [4.78, 5) is 2.73. The standard InChI is InChI=1S/C16H34N2/c1-13(2)10-11-18(15-8-6-7-9-15)12-16(4,5)14(3)17/h13-15H,6-12,17H2,1-5H3.